The van der Waals surface area contributed by atoms with E-state index in [0.717, 1.165) is 12.0 Å². The molecule has 2 aliphatic rings. The highest BCUT2D eigenvalue weighted by Gasteiger charge is 2.36. The number of rotatable bonds is 10. The summed E-state index contributed by atoms with van der Waals surface area (Å²) in [5.41, 5.74) is 0.588. The Hall–Kier alpha value is -0.0800. The SMILES string of the molecule is CCC(CC)CN(CC)CC1(CNC2CC2)CCCC1. The molecule has 0 heterocycles. The Morgan fingerprint density at radius 2 is 1.75 bits per heavy atom. The molecule has 2 saturated carbocycles. The van der Waals surface area contributed by atoms with Gasteiger partial charge >= 0.3 is 0 Å². The zero-order chi connectivity index (χ0) is 14.4. The van der Waals surface area contributed by atoms with Crippen LogP contribution in [0, 0.1) is 11.3 Å². The molecule has 0 radical (unpaired) electrons. The van der Waals surface area contributed by atoms with Gasteiger partial charge in [0.05, 0.1) is 0 Å². The Morgan fingerprint density at radius 3 is 2.25 bits per heavy atom. The third-order valence-electron chi connectivity index (χ3n) is 5.68. The summed E-state index contributed by atoms with van der Waals surface area (Å²) < 4.78 is 0. The van der Waals surface area contributed by atoms with E-state index in [-0.39, 0.29) is 0 Å². The van der Waals surface area contributed by atoms with E-state index in [1.54, 1.807) is 0 Å². The van der Waals surface area contributed by atoms with Gasteiger partial charge < -0.3 is 10.2 Å². The Balaban J connectivity index is 1.86. The summed E-state index contributed by atoms with van der Waals surface area (Å²) in [4.78, 5) is 2.75. The zero-order valence-corrected chi connectivity index (χ0v) is 14.1. The van der Waals surface area contributed by atoms with E-state index in [1.165, 1.54) is 77.5 Å². The normalized spacial score (nSPS) is 22.1. The van der Waals surface area contributed by atoms with E-state index in [0.29, 0.717) is 5.41 Å². The molecular formula is C18H36N2. The molecule has 2 fully saturated rings. The van der Waals surface area contributed by atoms with Crippen molar-refractivity contribution in [2.45, 2.75) is 78.2 Å². The Kier molecular flexibility index (Phi) is 6.35. The first-order valence-electron chi connectivity index (χ1n) is 9.17. The fraction of sp³-hybridized carbons (Fsp3) is 1.00. The van der Waals surface area contributed by atoms with Crippen molar-refractivity contribution in [2.75, 3.05) is 26.2 Å². The average Bonchev–Trinajstić information content (AvgIpc) is 3.20. The molecule has 2 aliphatic carbocycles. The van der Waals surface area contributed by atoms with Gasteiger partial charge in [-0.15, -0.1) is 0 Å². The van der Waals surface area contributed by atoms with Crippen LogP contribution in [0.15, 0.2) is 0 Å². The van der Waals surface area contributed by atoms with Crippen LogP contribution in [0.5, 0.6) is 0 Å². The molecule has 0 bridgehead atoms. The molecule has 0 saturated heterocycles. The van der Waals surface area contributed by atoms with Crippen LogP contribution in [0.2, 0.25) is 0 Å². The Labute approximate surface area is 126 Å². The summed E-state index contributed by atoms with van der Waals surface area (Å²) in [6, 6.07) is 0.863. The predicted molar refractivity (Wildman–Crippen MR) is 88.1 cm³/mol. The lowest BCUT2D eigenvalue weighted by Gasteiger charge is -2.37. The number of hydrogen-bond donors (Lipinski definition) is 1. The second-order valence-electron chi connectivity index (χ2n) is 7.37. The van der Waals surface area contributed by atoms with Crippen molar-refractivity contribution in [1.29, 1.82) is 0 Å². The monoisotopic (exact) mass is 280 g/mol. The van der Waals surface area contributed by atoms with Crippen molar-refractivity contribution in [3.8, 4) is 0 Å². The first kappa shape index (κ1) is 16.3. The van der Waals surface area contributed by atoms with E-state index in [1.807, 2.05) is 0 Å². The van der Waals surface area contributed by atoms with E-state index in [2.05, 4.69) is 31.0 Å². The molecule has 0 amide bonds. The van der Waals surface area contributed by atoms with Crippen LogP contribution in [0.25, 0.3) is 0 Å². The third-order valence-corrected chi connectivity index (χ3v) is 5.68. The minimum atomic E-state index is 0.588. The minimum absolute atomic E-state index is 0.588. The van der Waals surface area contributed by atoms with Gasteiger partial charge in [0.15, 0.2) is 0 Å². The molecule has 20 heavy (non-hydrogen) atoms. The van der Waals surface area contributed by atoms with Gasteiger partial charge in [-0.2, -0.15) is 0 Å². The van der Waals surface area contributed by atoms with Gasteiger partial charge in [-0.1, -0.05) is 46.5 Å². The van der Waals surface area contributed by atoms with Crippen LogP contribution < -0.4 is 5.32 Å². The predicted octanol–water partition coefficient (Wildman–Crippen LogP) is 4.06. The molecule has 0 aromatic heterocycles. The molecule has 0 unspecified atom stereocenters. The van der Waals surface area contributed by atoms with Crippen LogP contribution in [-0.4, -0.2) is 37.1 Å². The lowest BCUT2D eigenvalue weighted by molar-refractivity contribution is 0.134. The summed E-state index contributed by atoms with van der Waals surface area (Å²) in [7, 11) is 0. The molecule has 0 spiro atoms. The molecule has 0 aromatic rings. The maximum Gasteiger partial charge on any atom is 0.00684 e. The highest BCUT2D eigenvalue weighted by molar-refractivity contribution is 4.92. The Bertz CT molecular complexity index is 263. The van der Waals surface area contributed by atoms with Crippen LogP contribution in [-0.2, 0) is 0 Å². The fourth-order valence-corrected chi connectivity index (χ4v) is 3.86. The van der Waals surface area contributed by atoms with Crippen LogP contribution in [0.3, 0.4) is 0 Å². The zero-order valence-electron chi connectivity index (χ0n) is 14.1. The lowest BCUT2D eigenvalue weighted by Crippen LogP contribution is -2.44. The molecule has 2 rings (SSSR count). The van der Waals surface area contributed by atoms with Crippen molar-refractivity contribution >= 4 is 0 Å². The fourth-order valence-electron chi connectivity index (χ4n) is 3.86. The maximum absolute atomic E-state index is 3.82. The molecule has 118 valence electrons. The number of nitrogens with zero attached hydrogens (tertiary/aromatic N) is 1. The van der Waals surface area contributed by atoms with Crippen molar-refractivity contribution in [3.63, 3.8) is 0 Å². The molecule has 0 atom stereocenters. The van der Waals surface area contributed by atoms with E-state index >= 15 is 0 Å². The van der Waals surface area contributed by atoms with E-state index < -0.39 is 0 Å². The molecule has 0 aromatic carbocycles. The average molecular weight is 280 g/mol. The van der Waals surface area contributed by atoms with Gasteiger partial charge in [0.25, 0.3) is 0 Å². The van der Waals surface area contributed by atoms with Crippen LogP contribution in [0.1, 0.15) is 72.1 Å². The van der Waals surface area contributed by atoms with Crippen LogP contribution >= 0.6 is 0 Å². The first-order valence-corrected chi connectivity index (χ1v) is 9.17. The maximum atomic E-state index is 3.82. The van der Waals surface area contributed by atoms with Crippen LogP contribution in [0.4, 0.5) is 0 Å². The quantitative estimate of drug-likeness (QED) is 0.649. The standard InChI is InChI=1S/C18H36N2/c1-4-16(5-2)13-20(6-3)15-18(11-7-8-12-18)14-19-17-9-10-17/h16-17,19H,4-15H2,1-3H3. The second-order valence-corrected chi connectivity index (χ2v) is 7.37. The summed E-state index contributed by atoms with van der Waals surface area (Å²) in [6.45, 7) is 12.2. The van der Waals surface area contributed by atoms with Crippen molar-refractivity contribution in [2.24, 2.45) is 11.3 Å². The van der Waals surface area contributed by atoms with Gasteiger partial charge in [-0.3, -0.25) is 0 Å². The molecule has 2 heteroatoms. The lowest BCUT2D eigenvalue weighted by atomic mass is 9.85. The smallest absolute Gasteiger partial charge is 0.00684 e. The van der Waals surface area contributed by atoms with Gasteiger partial charge in [-0.05, 0) is 43.6 Å². The molecular weight excluding hydrogens is 244 g/mol. The van der Waals surface area contributed by atoms with Gasteiger partial charge in [-0.25, -0.2) is 0 Å². The second kappa shape index (κ2) is 7.79. The molecule has 0 aliphatic heterocycles. The molecule has 1 N–H and O–H groups in total. The van der Waals surface area contributed by atoms with Crippen molar-refractivity contribution in [3.05, 3.63) is 0 Å². The van der Waals surface area contributed by atoms with E-state index in [9.17, 15) is 0 Å². The van der Waals surface area contributed by atoms with Gasteiger partial charge in [0, 0.05) is 25.7 Å². The summed E-state index contributed by atoms with van der Waals surface area (Å²) >= 11 is 0. The summed E-state index contributed by atoms with van der Waals surface area (Å²) in [6.07, 6.45) is 11.3. The topological polar surface area (TPSA) is 15.3 Å². The highest BCUT2D eigenvalue weighted by atomic mass is 15.1. The van der Waals surface area contributed by atoms with Gasteiger partial charge in [0.2, 0.25) is 0 Å². The summed E-state index contributed by atoms with van der Waals surface area (Å²) in [5, 5.41) is 3.82. The molecule has 2 nitrogen and oxygen atoms in total. The third kappa shape index (κ3) is 4.73. The van der Waals surface area contributed by atoms with Gasteiger partial charge in [0.1, 0.15) is 0 Å². The number of nitrogens with one attached hydrogen (secondary N) is 1. The van der Waals surface area contributed by atoms with Crippen molar-refractivity contribution in [1.82, 2.24) is 10.2 Å². The minimum Gasteiger partial charge on any atom is -0.313 e. The Morgan fingerprint density at radius 1 is 1.10 bits per heavy atom. The first-order chi connectivity index (χ1) is 9.71. The van der Waals surface area contributed by atoms with E-state index in [4.69, 9.17) is 0 Å². The highest BCUT2D eigenvalue weighted by Crippen LogP contribution is 2.39. The summed E-state index contributed by atoms with van der Waals surface area (Å²) in [5.74, 6) is 0.893. The number of hydrogen-bond acceptors (Lipinski definition) is 2. The van der Waals surface area contributed by atoms with Crippen molar-refractivity contribution < 1.29 is 0 Å². The largest absolute Gasteiger partial charge is 0.313 e.